The van der Waals surface area contributed by atoms with E-state index in [9.17, 15) is 0 Å². The fourth-order valence-corrected chi connectivity index (χ4v) is 8.04. The van der Waals surface area contributed by atoms with Crippen LogP contribution in [0.2, 0.25) is 0 Å². The minimum Gasteiger partial charge on any atom is -0.455 e. The van der Waals surface area contributed by atoms with Gasteiger partial charge in [0.2, 0.25) is 0 Å². The van der Waals surface area contributed by atoms with Crippen molar-refractivity contribution in [2.24, 2.45) is 0 Å². The molecule has 0 atom stereocenters. The summed E-state index contributed by atoms with van der Waals surface area (Å²) in [4.78, 5) is 10.1. The van der Waals surface area contributed by atoms with Crippen molar-refractivity contribution < 1.29 is 8.83 Å². The summed E-state index contributed by atoms with van der Waals surface area (Å²) in [6, 6.07) is 67.0. The molecule has 0 aliphatic heterocycles. The van der Waals surface area contributed by atoms with E-state index < -0.39 is 0 Å². The number of furan rings is 2. The van der Waals surface area contributed by atoms with Crippen LogP contribution < -0.4 is 0 Å². The maximum Gasteiger partial charge on any atom is 0.160 e. The molecule has 11 rings (SSSR count). The molecular formula is C52H32N2O2. The minimum absolute atomic E-state index is 0.688. The predicted octanol–water partition coefficient (Wildman–Crippen LogP) is 14.3. The number of hydrogen-bond donors (Lipinski definition) is 0. The molecular weight excluding hydrogens is 685 g/mol. The van der Waals surface area contributed by atoms with E-state index in [4.69, 9.17) is 18.8 Å². The summed E-state index contributed by atoms with van der Waals surface area (Å²) in [6.07, 6.45) is 0. The maximum atomic E-state index is 7.06. The zero-order valence-corrected chi connectivity index (χ0v) is 30.2. The SMILES string of the molecule is c1ccc(-c2cc(-c3cccc(-c4cccc5c4oc4c(-c6ccccc6)c6oc7c(-c8ccccc8)cccc7c6cc45)c3)nc(-c3ccccc3)n2)cc1. The lowest BCUT2D eigenvalue weighted by Gasteiger charge is -2.11. The van der Waals surface area contributed by atoms with Crippen molar-refractivity contribution in [1.29, 1.82) is 0 Å². The number of para-hydroxylation sites is 2. The second kappa shape index (κ2) is 13.1. The fraction of sp³-hybridized carbons (Fsp3) is 0. The standard InChI is InChI=1S/C52H32N2O2/c1-5-16-33(17-6-1)39-26-14-28-41-43-31-44-42-29-15-27-40(49(42)56-51(44)47(50(43)55-48(39)41)35-20-9-3-10-21-35)37-24-13-25-38(30-37)46-32-45(34-18-7-2-8-19-34)53-52(54-46)36-22-11-4-12-23-36/h1-32H. The lowest BCUT2D eigenvalue weighted by molar-refractivity contribution is 0.659. The van der Waals surface area contributed by atoms with E-state index in [1.807, 2.05) is 48.5 Å². The largest absolute Gasteiger partial charge is 0.455 e. The molecule has 0 saturated carbocycles. The van der Waals surface area contributed by atoms with Crippen molar-refractivity contribution in [2.45, 2.75) is 0 Å². The molecule has 0 aliphatic rings. The third-order valence-corrected chi connectivity index (χ3v) is 10.7. The van der Waals surface area contributed by atoms with Crippen LogP contribution in [0.25, 0.3) is 111 Å². The third-order valence-electron chi connectivity index (χ3n) is 10.7. The molecule has 3 aromatic heterocycles. The second-order valence-corrected chi connectivity index (χ2v) is 14.1. The van der Waals surface area contributed by atoms with Crippen LogP contribution in [0.1, 0.15) is 0 Å². The van der Waals surface area contributed by atoms with Gasteiger partial charge in [-0.25, -0.2) is 9.97 Å². The Balaban J connectivity index is 1.11. The zero-order valence-electron chi connectivity index (χ0n) is 30.2. The summed E-state index contributed by atoms with van der Waals surface area (Å²) >= 11 is 0. The number of hydrogen-bond acceptors (Lipinski definition) is 4. The molecule has 0 bridgehead atoms. The Hall–Kier alpha value is -7.56. The van der Waals surface area contributed by atoms with E-state index in [2.05, 4.69) is 146 Å². The summed E-state index contributed by atoms with van der Waals surface area (Å²) < 4.78 is 14.0. The van der Waals surface area contributed by atoms with Gasteiger partial charge < -0.3 is 8.83 Å². The van der Waals surface area contributed by atoms with Gasteiger partial charge in [0.25, 0.3) is 0 Å². The Morgan fingerprint density at radius 3 is 1.32 bits per heavy atom. The van der Waals surface area contributed by atoms with Crippen LogP contribution in [0.15, 0.2) is 203 Å². The summed E-state index contributed by atoms with van der Waals surface area (Å²) in [5.74, 6) is 0.688. The molecule has 3 heterocycles. The molecule has 0 radical (unpaired) electrons. The van der Waals surface area contributed by atoms with Gasteiger partial charge in [0.05, 0.1) is 17.0 Å². The Kier molecular flexibility index (Phi) is 7.46. The van der Waals surface area contributed by atoms with Crippen LogP contribution in [0.3, 0.4) is 0 Å². The van der Waals surface area contributed by atoms with Gasteiger partial charge in [-0.2, -0.15) is 0 Å². The highest BCUT2D eigenvalue weighted by Gasteiger charge is 2.23. The summed E-state index contributed by atoms with van der Waals surface area (Å²) in [6.45, 7) is 0. The smallest absolute Gasteiger partial charge is 0.160 e. The average Bonchev–Trinajstić information content (AvgIpc) is 3.85. The zero-order chi connectivity index (χ0) is 37.0. The van der Waals surface area contributed by atoms with Crippen molar-refractivity contribution in [3.8, 4) is 67.3 Å². The molecule has 4 heteroatoms. The average molecular weight is 717 g/mol. The fourth-order valence-electron chi connectivity index (χ4n) is 8.04. The van der Waals surface area contributed by atoms with Gasteiger partial charge in [-0.3, -0.25) is 0 Å². The van der Waals surface area contributed by atoms with Crippen molar-refractivity contribution >= 4 is 43.9 Å². The van der Waals surface area contributed by atoms with Gasteiger partial charge in [0.15, 0.2) is 5.82 Å². The van der Waals surface area contributed by atoms with Crippen molar-refractivity contribution in [3.63, 3.8) is 0 Å². The van der Waals surface area contributed by atoms with Gasteiger partial charge in [-0.1, -0.05) is 176 Å². The molecule has 0 fully saturated rings. The van der Waals surface area contributed by atoms with Crippen LogP contribution in [0.4, 0.5) is 0 Å². The van der Waals surface area contributed by atoms with Crippen LogP contribution in [-0.2, 0) is 0 Å². The predicted molar refractivity (Wildman–Crippen MR) is 229 cm³/mol. The number of rotatable bonds is 6. The number of benzene rings is 8. The molecule has 56 heavy (non-hydrogen) atoms. The van der Waals surface area contributed by atoms with E-state index in [0.717, 1.165) is 105 Å². The Labute approximate surface area is 323 Å². The molecule has 262 valence electrons. The first kappa shape index (κ1) is 31.9. The van der Waals surface area contributed by atoms with Crippen LogP contribution >= 0.6 is 0 Å². The highest BCUT2D eigenvalue weighted by atomic mass is 16.3. The highest BCUT2D eigenvalue weighted by molar-refractivity contribution is 6.24. The van der Waals surface area contributed by atoms with Gasteiger partial charge in [0, 0.05) is 49.4 Å². The van der Waals surface area contributed by atoms with Crippen molar-refractivity contribution in [1.82, 2.24) is 9.97 Å². The Morgan fingerprint density at radius 2 is 0.732 bits per heavy atom. The van der Waals surface area contributed by atoms with Crippen LogP contribution in [-0.4, -0.2) is 9.97 Å². The first-order valence-electron chi connectivity index (χ1n) is 18.8. The van der Waals surface area contributed by atoms with Gasteiger partial charge in [-0.15, -0.1) is 0 Å². The quantitative estimate of drug-likeness (QED) is 0.172. The molecule has 0 saturated heterocycles. The molecule has 0 spiro atoms. The number of fused-ring (bicyclic) bond motifs is 6. The van der Waals surface area contributed by atoms with E-state index in [-0.39, 0.29) is 0 Å². The lowest BCUT2D eigenvalue weighted by atomic mass is 9.96. The van der Waals surface area contributed by atoms with E-state index in [1.165, 1.54) is 0 Å². The first-order valence-corrected chi connectivity index (χ1v) is 18.8. The molecule has 0 aliphatic carbocycles. The monoisotopic (exact) mass is 716 g/mol. The molecule has 11 aromatic rings. The van der Waals surface area contributed by atoms with E-state index in [1.54, 1.807) is 0 Å². The third kappa shape index (κ3) is 5.31. The Morgan fingerprint density at radius 1 is 0.286 bits per heavy atom. The van der Waals surface area contributed by atoms with Crippen LogP contribution in [0.5, 0.6) is 0 Å². The lowest BCUT2D eigenvalue weighted by Crippen LogP contribution is -1.96. The summed E-state index contributed by atoms with van der Waals surface area (Å²) in [5, 5.41) is 4.24. The number of aromatic nitrogens is 2. The van der Waals surface area contributed by atoms with E-state index >= 15 is 0 Å². The normalized spacial score (nSPS) is 11.6. The van der Waals surface area contributed by atoms with Gasteiger partial charge in [0.1, 0.15) is 22.3 Å². The highest BCUT2D eigenvalue weighted by Crippen LogP contribution is 2.47. The summed E-state index contributed by atoms with van der Waals surface area (Å²) in [7, 11) is 0. The summed E-state index contributed by atoms with van der Waals surface area (Å²) in [5.41, 5.74) is 14.3. The van der Waals surface area contributed by atoms with Crippen LogP contribution in [0, 0.1) is 0 Å². The van der Waals surface area contributed by atoms with Crippen molar-refractivity contribution in [3.05, 3.63) is 194 Å². The Bertz CT molecular complexity index is 3160. The molecule has 0 N–H and O–H groups in total. The van der Waals surface area contributed by atoms with Gasteiger partial charge in [-0.05, 0) is 34.9 Å². The molecule has 8 aromatic carbocycles. The number of nitrogens with zero attached hydrogens (tertiary/aromatic N) is 2. The maximum absolute atomic E-state index is 7.06. The first-order chi connectivity index (χ1) is 27.8. The van der Waals surface area contributed by atoms with E-state index in [0.29, 0.717) is 5.82 Å². The topological polar surface area (TPSA) is 52.1 Å². The molecule has 0 unspecified atom stereocenters. The van der Waals surface area contributed by atoms with Crippen molar-refractivity contribution in [2.75, 3.05) is 0 Å². The second-order valence-electron chi connectivity index (χ2n) is 14.1. The molecule has 0 amide bonds. The minimum atomic E-state index is 0.688. The molecule has 4 nitrogen and oxygen atoms in total. The van der Waals surface area contributed by atoms with Gasteiger partial charge >= 0.3 is 0 Å².